The van der Waals surface area contributed by atoms with Crippen molar-refractivity contribution in [2.75, 3.05) is 56.9 Å². The van der Waals surface area contributed by atoms with Crippen LogP contribution in [0.15, 0.2) is 230 Å². The number of aryl methyl sites for hydroxylation is 7. The van der Waals surface area contributed by atoms with Gasteiger partial charge >= 0.3 is 0 Å². The van der Waals surface area contributed by atoms with Crippen molar-refractivity contribution in [3.8, 4) is 0 Å². The summed E-state index contributed by atoms with van der Waals surface area (Å²) in [6.07, 6.45) is 8.44. The van der Waals surface area contributed by atoms with Gasteiger partial charge in [0.15, 0.2) is 0 Å². The fraction of sp³-hybridized carbons (Fsp3) is 0.234. The summed E-state index contributed by atoms with van der Waals surface area (Å²) in [5, 5.41) is 44.0. The van der Waals surface area contributed by atoms with Crippen LogP contribution in [0.4, 0.5) is 11.4 Å². The summed E-state index contributed by atoms with van der Waals surface area (Å²) in [7, 11) is 1.52. The van der Waals surface area contributed by atoms with Gasteiger partial charge in [-0.15, -0.1) is 0 Å². The molecule has 0 saturated carbocycles. The Kier molecular flexibility index (Phi) is 28.7. The number of para-hydroxylation sites is 6. The molecule has 0 spiro atoms. The molecule has 3 amide bonds. The SMILES string of the molecule is CNC(=O)c1[nH]nc2c1c(=O)n(CCCN)c1ccccc21.Cc1c2c(=O)n(CCCN)c3ccccc3c2nn1C(=O)CCCCN.Cc1c2c(=O)n(CCCN)c3ccccc3c2nn1C(=O)c1ccccc1.NCCCn1c(=O)c2c(C(=O)Nc3ccccc3)[nH]nc2c2ccccc21.NCCCn1c(=O)c2c(C(=O)Nc3cccnc3)[nH]nc2c2ccccc21. The van der Waals surface area contributed by atoms with E-state index in [0.717, 1.165) is 60.9 Å². The van der Waals surface area contributed by atoms with Crippen LogP contribution in [-0.4, -0.2) is 154 Å². The molecule has 11 heterocycles. The molecular formula is C94H99N25O10. The van der Waals surface area contributed by atoms with Crippen molar-refractivity contribution in [2.24, 2.45) is 34.4 Å². The molecule has 0 radical (unpaired) electrons. The number of hydrogen-bond acceptors (Lipinski definition) is 22. The Hall–Kier alpha value is -15.4. The predicted octanol–water partition coefficient (Wildman–Crippen LogP) is 9.41. The second kappa shape index (κ2) is 41.2. The fourth-order valence-electron chi connectivity index (χ4n) is 15.9. The lowest BCUT2D eigenvalue weighted by molar-refractivity contribution is 0.0879. The molecule has 0 atom stereocenters. The topological polar surface area (TPSA) is 522 Å². The van der Waals surface area contributed by atoms with Crippen LogP contribution in [0.2, 0.25) is 0 Å². The summed E-state index contributed by atoms with van der Waals surface area (Å²) in [5.74, 6) is -1.56. The average molecular weight is 1740 g/mol. The van der Waals surface area contributed by atoms with Crippen LogP contribution < -0.4 is 78.1 Å². The number of rotatable bonds is 25. The van der Waals surface area contributed by atoms with E-state index in [1.54, 1.807) is 91.4 Å². The highest BCUT2D eigenvalue weighted by atomic mass is 16.2. The Morgan fingerprint density at radius 1 is 0.341 bits per heavy atom. The smallest absolute Gasteiger partial charge is 0.278 e. The molecule has 0 bridgehead atoms. The predicted molar refractivity (Wildman–Crippen MR) is 504 cm³/mol. The lowest BCUT2D eigenvalue weighted by Crippen LogP contribution is -2.25. The molecule has 35 heteroatoms. The van der Waals surface area contributed by atoms with E-state index in [0.29, 0.717) is 194 Å². The Morgan fingerprint density at radius 2 is 0.651 bits per heavy atom. The Balaban J connectivity index is 0.000000130. The van der Waals surface area contributed by atoms with E-state index in [-0.39, 0.29) is 68.0 Å². The van der Waals surface area contributed by atoms with Crippen LogP contribution in [0.25, 0.3) is 109 Å². The number of hydrogen-bond donors (Lipinski definition) is 12. The summed E-state index contributed by atoms with van der Waals surface area (Å²) < 4.78 is 11.2. The molecule has 0 saturated heterocycles. The van der Waals surface area contributed by atoms with Crippen LogP contribution in [0.5, 0.6) is 0 Å². The number of nitrogens with one attached hydrogen (secondary N) is 6. The number of fused-ring (bicyclic) bond motifs is 15. The number of nitrogens with two attached hydrogens (primary N) is 6. The second-order valence-corrected chi connectivity index (χ2v) is 30.4. The lowest BCUT2D eigenvalue weighted by Gasteiger charge is -2.11. The number of aromatic amines is 3. The quantitative estimate of drug-likeness (QED) is 0.0237. The summed E-state index contributed by atoms with van der Waals surface area (Å²) in [5.41, 5.74) is 42.5. The highest BCUT2D eigenvalue weighted by molar-refractivity contribution is 6.17. The van der Waals surface area contributed by atoms with Gasteiger partial charge in [0.25, 0.3) is 51.4 Å². The van der Waals surface area contributed by atoms with Crippen molar-refractivity contribution in [3.63, 3.8) is 0 Å². The van der Waals surface area contributed by atoms with Gasteiger partial charge in [-0.05, 0) is 165 Å². The second-order valence-electron chi connectivity index (χ2n) is 30.4. The van der Waals surface area contributed by atoms with Gasteiger partial charge in [-0.2, -0.15) is 30.2 Å². The molecule has 0 fully saturated rings. The zero-order chi connectivity index (χ0) is 90.9. The van der Waals surface area contributed by atoms with Gasteiger partial charge in [0.05, 0.1) is 77.8 Å². The first-order chi connectivity index (χ1) is 62.8. The highest BCUT2D eigenvalue weighted by Gasteiger charge is 2.28. The molecule has 0 aliphatic carbocycles. The normalized spacial score (nSPS) is 11.3. The number of aromatic nitrogens is 16. The molecular weight excluding hydrogens is 1640 g/mol. The van der Waals surface area contributed by atoms with Crippen molar-refractivity contribution < 1.29 is 24.0 Å². The lowest BCUT2D eigenvalue weighted by atomic mass is 10.1. The maximum atomic E-state index is 13.2. The van der Waals surface area contributed by atoms with Crippen LogP contribution in [0, 0.1) is 13.8 Å². The monoisotopic (exact) mass is 1740 g/mol. The number of benzene rings is 7. The maximum Gasteiger partial charge on any atom is 0.278 e. The first kappa shape index (κ1) is 89.9. The number of H-pyrrole nitrogens is 3. The third-order valence-corrected chi connectivity index (χ3v) is 22.2. The van der Waals surface area contributed by atoms with E-state index < -0.39 is 11.8 Å². The van der Waals surface area contributed by atoms with E-state index in [2.05, 4.69) is 61.7 Å². The van der Waals surface area contributed by atoms with Crippen molar-refractivity contribution in [3.05, 3.63) is 292 Å². The summed E-state index contributed by atoms with van der Waals surface area (Å²) >= 11 is 0. The first-order valence-electron chi connectivity index (χ1n) is 42.5. The first-order valence-corrected chi connectivity index (χ1v) is 42.5. The maximum absolute atomic E-state index is 13.2. The molecule has 18 aromatic rings. The molecule has 11 aromatic heterocycles. The van der Waals surface area contributed by atoms with E-state index in [1.165, 1.54) is 22.6 Å². The molecule has 0 aliphatic heterocycles. The number of carbonyl (C=O) groups is 5. The number of anilines is 2. The number of pyridine rings is 6. The zero-order valence-corrected chi connectivity index (χ0v) is 71.4. The largest absolute Gasteiger partial charge is 0.354 e. The van der Waals surface area contributed by atoms with Gasteiger partial charge in [0.2, 0.25) is 5.91 Å². The number of carbonyl (C=O) groups excluding carboxylic acids is 5. The molecule has 35 nitrogen and oxygen atoms in total. The molecule has 18 rings (SSSR count). The van der Waals surface area contributed by atoms with Crippen molar-refractivity contribution in [2.45, 2.75) is 97.9 Å². The molecule has 129 heavy (non-hydrogen) atoms. The molecule has 660 valence electrons. The Morgan fingerprint density at radius 3 is 1.01 bits per heavy atom. The van der Waals surface area contributed by atoms with E-state index in [4.69, 9.17) is 34.4 Å². The standard InChI is InChI=1S/C21H20N4O2.C20H19N5O2.C19H18N6O2.C19H25N5O2.C15H17N5O2/c1-14-18-19(23-25(14)20(26)15-8-3-2-4-9-15)16-10-5-6-11-17(16)24(21(18)27)13-7-12-22;21-11-6-12-25-15-10-5-4-9-14(15)17-16(20(25)27)18(24-23-17)19(26)22-13-7-2-1-3-8-13;20-8-4-10-25-14-7-2-1-6-13(14)16-15(19(25)27)17(24-23-16)18(26)22-12-5-3-9-21-11-12;1-13-17-18(22-24(13)16(25)9-4-5-10-20)14-7-2-3-8-15(14)23(19(17)26)12-6-11-21;1-17-14(21)13-11-12(18-19-13)9-5-2-3-6-10(9)20(15(11)22)8-4-7-16/h2-6,8-11H,7,12-13,22H2,1H3;1-5,7-10H,6,11-12,21H2,(H,22,26)(H,23,24);1-3,5-7,9,11H,4,8,10,20H2,(H,22,26)(H,23,24);2-3,7-8H,4-6,9-12,20-21H2,1H3;2-3,5-6H,4,7-8,16H2,1H3,(H,17,21)(H,18,19). The van der Waals surface area contributed by atoms with Gasteiger partial charge in [-0.1, -0.05) is 127 Å². The highest BCUT2D eigenvalue weighted by Crippen LogP contribution is 2.31. The Labute approximate surface area is 735 Å². The van der Waals surface area contributed by atoms with E-state index in [9.17, 15) is 47.9 Å². The summed E-state index contributed by atoms with van der Waals surface area (Å²) in [4.78, 5) is 132. The van der Waals surface area contributed by atoms with Crippen molar-refractivity contribution in [1.29, 1.82) is 0 Å². The van der Waals surface area contributed by atoms with Gasteiger partial charge < -0.3 is 73.2 Å². The van der Waals surface area contributed by atoms with E-state index >= 15 is 0 Å². The van der Waals surface area contributed by atoms with Crippen molar-refractivity contribution >= 4 is 150 Å². The van der Waals surface area contributed by atoms with Crippen molar-refractivity contribution in [1.82, 2.24) is 83.3 Å². The number of amides is 3. The van der Waals surface area contributed by atoms with Gasteiger partial charge in [0, 0.05) is 90.6 Å². The van der Waals surface area contributed by atoms with Crippen LogP contribution in [0.3, 0.4) is 0 Å². The third-order valence-electron chi connectivity index (χ3n) is 22.2. The number of unbranched alkanes of at least 4 members (excludes halogenated alkanes) is 1. The molecule has 0 unspecified atom stereocenters. The number of nitrogens with zero attached hydrogens (tertiary/aromatic N) is 13. The Bertz CT molecular complexity index is 7340. The third kappa shape index (κ3) is 18.4. The minimum Gasteiger partial charge on any atom is -0.354 e. The molecule has 7 aromatic carbocycles. The average Bonchev–Trinajstić information content (AvgIpc) is 1.65. The summed E-state index contributed by atoms with van der Waals surface area (Å²) in [6.45, 7) is 9.09. The fourth-order valence-corrected chi connectivity index (χ4v) is 15.9. The van der Waals surface area contributed by atoms with Crippen LogP contribution in [-0.2, 0) is 32.7 Å². The molecule has 18 N–H and O–H groups in total. The zero-order valence-electron chi connectivity index (χ0n) is 71.4. The van der Waals surface area contributed by atoms with Gasteiger partial charge in [-0.25, -0.2) is 4.68 Å². The minimum atomic E-state index is -0.441. The van der Waals surface area contributed by atoms with Gasteiger partial charge in [-0.3, -0.25) is 68.2 Å². The van der Waals surface area contributed by atoms with Crippen LogP contribution >= 0.6 is 0 Å². The van der Waals surface area contributed by atoms with Crippen LogP contribution in [0.1, 0.15) is 109 Å². The summed E-state index contributed by atoms with van der Waals surface area (Å²) in [6, 6.07) is 59.3. The van der Waals surface area contributed by atoms with Gasteiger partial charge in [0.1, 0.15) is 44.7 Å². The minimum absolute atomic E-state index is 0.107. The molecule has 0 aliphatic rings. The van der Waals surface area contributed by atoms with E-state index in [1.807, 2.05) is 146 Å².